The Morgan fingerprint density at radius 2 is 1.45 bits per heavy atom. The molecule has 3 amide bonds. The molecule has 2 aromatic carbocycles. The van der Waals surface area contributed by atoms with E-state index in [-0.39, 0.29) is 24.5 Å². The van der Waals surface area contributed by atoms with Gasteiger partial charge in [-0.25, -0.2) is 4.79 Å². The van der Waals surface area contributed by atoms with E-state index in [9.17, 15) is 14.4 Å². The molecular formula is C25H31N3O5. The number of nitrogens with zero attached hydrogens (tertiary/aromatic N) is 3. The molecular weight excluding hydrogens is 422 g/mol. The maximum Gasteiger partial charge on any atom is 0.410 e. The number of hydrogen-bond acceptors (Lipinski definition) is 5. The number of methoxy groups -OCH3 is 1. The number of anilines is 1. The van der Waals surface area contributed by atoms with Crippen molar-refractivity contribution in [3.8, 4) is 5.75 Å². The third-order valence-electron chi connectivity index (χ3n) is 5.23. The lowest BCUT2D eigenvalue weighted by atomic mass is 10.1. The highest BCUT2D eigenvalue weighted by atomic mass is 16.6. The van der Waals surface area contributed by atoms with Crippen LogP contribution in [0.2, 0.25) is 0 Å². The van der Waals surface area contributed by atoms with Crippen LogP contribution >= 0.6 is 0 Å². The van der Waals surface area contributed by atoms with Crippen molar-refractivity contribution in [3.05, 3.63) is 60.2 Å². The quantitative estimate of drug-likeness (QED) is 0.693. The molecule has 0 radical (unpaired) electrons. The lowest BCUT2D eigenvalue weighted by molar-refractivity contribution is -0.131. The Balaban J connectivity index is 1.68. The van der Waals surface area contributed by atoms with E-state index >= 15 is 0 Å². The van der Waals surface area contributed by atoms with Crippen LogP contribution in [0.3, 0.4) is 0 Å². The van der Waals surface area contributed by atoms with Gasteiger partial charge in [0.05, 0.1) is 7.11 Å². The van der Waals surface area contributed by atoms with Crippen LogP contribution in [-0.4, -0.2) is 73.1 Å². The van der Waals surface area contributed by atoms with Gasteiger partial charge in [-0.15, -0.1) is 0 Å². The molecule has 8 nitrogen and oxygen atoms in total. The summed E-state index contributed by atoms with van der Waals surface area (Å²) in [5.41, 5.74) is 0.531. The molecule has 0 unspecified atom stereocenters. The summed E-state index contributed by atoms with van der Waals surface area (Å²) in [6.07, 6.45) is -0.379. The Hall–Kier alpha value is -3.55. The van der Waals surface area contributed by atoms with E-state index in [2.05, 4.69) is 0 Å². The number of amides is 3. The molecule has 0 spiro atoms. The molecule has 1 aliphatic rings. The van der Waals surface area contributed by atoms with Crippen LogP contribution in [0.15, 0.2) is 54.6 Å². The molecule has 8 heteroatoms. The zero-order chi connectivity index (χ0) is 24.0. The van der Waals surface area contributed by atoms with Crippen LogP contribution in [0.4, 0.5) is 10.5 Å². The molecule has 0 N–H and O–H groups in total. The van der Waals surface area contributed by atoms with Crippen LogP contribution in [0.25, 0.3) is 0 Å². The highest BCUT2D eigenvalue weighted by molar-refractivity contribution is 6.08. The van der Waals surface area contributed by atoms with Gasteiger partial charge in [-0.05, 0) is 57.2 Å². The third kappa shape index (κ3) is 6.47. The predicted molar refractivity (Wildman–Crippen MR) is 125 cm³/mol. The molecule has 1 fully saturated rings. The van der Waals surface area contributed by atoms with Crippen LogP contribution in [-0.2, 0) is 9.53 Å². The van der Waals surface area contributed by atoms with E-state index in [1.165, 1.54) is 4.90 Å². The molecule has 1 heterocycles. The smallest absolute Gasteiger partial charge is 0.410 e. The average Bonchev–Trinajstić information content (AvgIpc) is 2.81. The predicted octanol–water partition coefficient (Wildman–Crippen LogP) is 3.42. The van der Waals surface area contributed by atoms with Gasteiger partial charge in [-0.1, -0.05) is 18.2 Å². The molecule has 0 aromatic heterocycles. The first-order valence-corrected chi connectivity index (χ1v) is 10.9. The fraction of sp³-hybridized carbons (Fsp3) is 0.400. The molecule has 33 heavy (non-hydrogen) atoms. The number of ether oxygens (including phenoxy) is 2. The van der Waals surface area contributed by atoms with Gasteiger partial charge >= 0.3 is 6.09 Å². The van der Waals surface area contributed by atoms with E-state index < -0.39 is 5.60 Å². The van der Waals surface area contributed by atoms with E-state index in [0.717, 1.165) is 0 Å². The number of para-hydroxylation sites is 1. The van der Waals surface area contributed by atoms with Crippen molar-refractivity contribution in [2.24, 2.45) is 0 Å². The summed E-state index contributed by atoms with van der Waals surface area (Å²) in [7, 11) is 1.56. The van der Waals surface area contributed by atoms with E-state index in [1.54, 1.807) is 53.3 Å². The van der Waals surface area contributed by atoms with Crippen molar-refractivity contribution in [2.75, 3.05) is 44.7 Å². The highest BCUT2D eigenvalue weighted by Crippen LogP contribution is 2.20. The van der Waals surface area contributed by atoms with Crippen molar-refractivity contribution in [2.45, 2.75) is 26.4 Å². The summed E-state index contributed by atoms with van der Waals surface area (Å²) < 4.78 is 10.6. The minimum Gasteiger partial charge on any atom is -0.497 e. The Labute approximate surface area is 194 Å². The van der Waals surface area contributed by atoms with Crippen molar-refractivity contribution >= 4 is 23.6 Å². The first-order chi connectivity index (χ1) is 15.7. The summed E-state index contributed by atoms with van der Waals surface area (Å²) in [4.78, 5) is 43.4. The maximum atomic E-state index is 13.3. The van der Waals surface area contributed by atoms with Crippen molar-refractivity contribution < 1.29 is 23.9 Å². The fourth-order valence-electron chi connectivity index (χ4n) is 3.48. The molecule has 176 valence electrons. The molecule has 3 rings (SSSR count). The number of benzene rings is 2. The number of rotatable bonds is 5. The second kappa shape index (κ2) is 10.4. The van der Waals surface area contributed by atoms with Crippen molar-refractivity contribution in [3.63, 3.8) is 0 Å². The normalized spacial score (nSPS) is 13.9. The van der Waals surface area contributed by atoms with E-state index in [1.807, 2.05) is 39.0 Å². The third-order valence-corrected chi connectivity index (χ3v) is 5.23. The Morgan fingerprint density at radius 3 is 2.00 bits per heavy atom. The lowest BCUT2D eigenvalue weighted by Gasteiger charge is -2.36. The number of carbonyl (C=O) groups excluding carboxylic acids is 3. The van der Waals surface area contributed by atoms with Crippen molar-refractivity contribution in [1.82, 2.24) is 9.80 Å². The van der Waals surface area contributed by atoms with Crippen LogP contribution < -0.4 is 9.64 Å². The van der Waals surface area contributed by atoms with Gasteiger partial charge in [0, 0.05) is 37.4 Å². The SMILES string of the molecule is COc1ccc(C(=O)N(CC(=O)N2CCN(C(=O)OC(C)(C)C)CC2)c2ccccc2)cc1. The summed E-state index contributed by atoms with van der Waals surface area (Å²) in [5, 5.41) is 0. The molecule has 1 aliphatic heterocycles. The number of piperazine rings is 1. The highest BCUT2D eigenvalue weighted by Gasteiger charge is 2.29. The molecule has 2 aromatic rings. The van der Waals surface area contributed by atoms with Crippen LogP contribution in [0, 0.1) is 0 Å². The van der Waals surface area contributed by atoms with Gasteiger partial charge in [0.15, 0.2) is 0 Å². The second-order valence-electron chi connectivity index (χ2n) is 8.80. The monoisotopic (exact) mass is 453 g/mol. The van der Waals surface area contributed by atoms with Gasteiger partial charge < -0.3 is 19.3 Å². The maximum absolute atomic E-state index is 13.3. The first-order valence-electron chi connectivity index (χ1n) is 10.9. The zero-order valence-electron chi connectivity index (χ0n) is 19.6. The number of carbonyl (C=O) groups is 3. The fourth-order valence-corrected chi connectivity index (χ4v) is 3.48. The van der Waals surface area contributed by atoms with Gasteiger partial charge in [0.1, 0.15) is 17.9 Å². The molecule has 1 saturated heterocycles. The Kier molecular flexibility index (Phi) is 7.58. The summed E-state index contributed by atoms with van der Waals surface area (Å²) in [5.74, 6) is 0.200. The van der Waals surface area contributed by atoms with E-state index in [0.29, 0.717) is 43.2 Å². The Bertz CT molecular complexity index is 962. The van der Waals surface area contributed by atoms with Gasteiger partial charge in [0.25, 0.3) is 5.91 Å². The topological polar surface area (TPSA) is 79.4 Å². The molecule has 0 saturated carbocycles. The van der Waals surface area contributed by atoms with Crippen molar-refractivity contribution in [1.29, 1.82) is 0 Å². The summed E-state index contributed by atoms with van der Waals surface area (Å²) in [6.45, 7) is 6.92. The number of hydrogen-bond donors (Lipinski definition) is 0. The van der Waals surface area contributed by atoms with Crippen LogP contribution in [0.1, 0.15) is 31.1 Å². The zero-order valence-corrected chi connectivity index (χ0v) is 19.6. The minimum atomic E-state index is -0.567. The van der Waals surface area contributed by atoms with E-state index in [4.69, 9.17) is 9.47 Å². The van der Waals surface area contributed by atoms with Gasteiger partial charge in [-0.3, -0.25) is 14.5 Å². The first kappa shape index (κ1) is 24.1. The summed E-state index contributed by atoms with van der Waals surface area (Å²) >= 11 is 0. The van der Waals surface area contributed by atoms with Gasteiger partial charge in [-0.2, -0.15) is 0 Å². The lowest BCUT2D eigenvalue weighted by Crippen LogP contribution is -2.53. The second-order valence-corrected chi connectivity index (χ2v) is 8.80. The minimum absolute atomic E-state index is 0.0959. The Morgan fingerprint density at radius 1 is 0.879 bits per heavy atom. The molecule has 0 bridgehead atoms. The molecule has 0 aliphatic carbocycles. The standard InChI is InChI=1S/C25H31N3O5/c1-25(2,3)33-24(31)27-16-14-26(15-17-27)22(29)18-28(20-8-6-5-7-9-20)23(30)19-10-12-21(32-4)13-11-19/h5-13H,14-18H2,1-4H3. The van der Waals surface area contributed by atoms with Crippen LogP contribution in [0.5, 0.6) is 5.75 Å². The average molecular weight is 454 g/mol. The van der Waals surface area contributed by atoms with Gasteiger partial charge in [0.2, 0.25) is 5.91 Å². The molecule has 0 atom stereocenters. The summed E-state index contributed by atoms with van der Waals surface area (Å²) in [6, 6.07) is 15.9. The largest absolute Gasteiger partial charge is 0.497 e.